The topological polar surface area (TPSA) is 456 Å². The highest BCUT2D eigenvalue weighted by Gasteiger charge is 2.44. The molecule has 0 aromatic rings. The van der Waals surface area contributed by atoms with E-state index in [9.17, 15) is 98.9 Å². The summed E-state index contributed by atoms with van der Waals surface area (Å²) < 4.78 is 57.8. The fourth-order valence-electron chi connectivity index (χ4n) is 16.4. The molecule has 10 N–H and O–H groups in total. The Bertz CT molecular complexity index is 2580. The molecule has 4 aliphatic rings. The van der Waals surface area contributed by atoms with Gasteiger partial charge in [-0.3, -0.25) is 42.9 Å². The summed E-state index contributed by atoms with van der Waals surface area (Å²) in [7, 11) is -3.51. The van der Waals surface area contributed by atoms with Gasteiger partial charge in [0.1, 0.15) is 40.5 Å². The number of Topliss-reactive ketones (excluding diaryl/α,β-unsaturated/α-hetero) is 7. The van der Waals surface area contributed by atoms with E-state index in [4.69, 9.17) is 32.9 Å². The standard InChI is InChI=1S/C86H152NO28P/c1-61-76(48-64(54-88)83(103)80(61)100)112-42-25-22-34-68(91)28-15-11-18-31-71(94)39-45-109-58-86(52-74(97)37-14-9-7-5-6-8-10-21-38-79(99)87-53-75(98)51-67(87)57-115-116(106,107)108-4,59-110-46-40-72(95)32-19-12-16-29-69(92)35-23-26-43-113-77-49-65(55-89)84(104)81(101)62(77)2)60-111-47-41-73(96)33-20-13-17-30-70(93)36-24-27-44-114-78-50-66(56-90)85(105)82(102)63(78)3/h61-67,75-78,80-85,88-90,98,100-105H,5-60H2,1-4H3,(H,106,107)/p-1/t61?,62?,63?,64?,65?,66?,67-,75+,76?,77?,78?,80?,81?,82?,83?,84?,85?,86?/m0/s1. The molecular formula is C86H151NO28P-. The molecule has 0 aromatic heterocycles. The molecule has 1 amide bonds. The minimum atomic E-state index is -4.50. The van der Waals surface area contributed by atoms with Gasteiger partial charge in [-0.2, -0.15) is 0 Å². The molecule has 30 heteroatoms. The van der Waals surface area contributed by atoms with E-state index in [0.29, 0.717) is 206 Å². The van der Waals surface area contributed by atoms with Gasteiger partial charge in [-0.25, -0.2) is 0 Å². The maximum atomic E-state index is 14.2. The molecule has 1 aliphatic heterocycles. The van der Waals surface area contributed by atoms with Crippen molar-refractivity contribution >= 4 is 54.2 Å². The maximum absolute atomic E-state index is 14.2. The van der Waals surface area contributed by atoms with Crippen LogP contribution in [0.4, 0.5) is 0 Å². The Labute approximate surface area is 690 Å². The van der Waals surface area contributed by atoms with Gasteiger partial charge in [-0.15, -0.1) is 0 Å². The highest BCUT2D eigenvalue weighted by Crippen LogP contribution is 2.39. The summed E-state index contributed by atoms with van der Waals surface area (Å²) in [4.78, 5) is 119. The fraction of sp³-hybridized carbons (Fsp3) is 0.907. The summed E-state index contributed by atoms with van der Waals surface area (Å²) in [6.07, 6.45) is 14.1. The smallest absolute Gasteiger partial charge is 0.267 e. The molecule has 3 saturated carbocycles. The van der Waals surface area contributed by atoms with Crippen molar-refractivity contribution in [1.29, 1.82) is 0 Å². The molecule has 16 unspecified atom stereocenters. The molecular weight excluding hydrogens is 1530 g/mol. The summed E-state index contributed by atoms with van der Waals surface area (Å²) in [5.41, 5.74) is -1.07. The SMILES string of the molecule is COP(=O)([O-])OC[C@@H]1C[C@@H](O)CN1C(=O)CCCCCCCCCCC(=O)CC(COCCC(=O)CCCCCC(=O)CCCCOC1CC(CO)C(O)C(O)C1C)(COCCC(=O)CCCCCC(=O)CCCCOC1CC(CO)C(O)C(O)C1C)COCCC(=O)CCCCCC(=O)CCCCOC1CC(CO)C(O)C(O)C1C. The molecule has 4 rings (SSSR count). The van der Waals surface area contributed by atoms with E-state index in [2.05, 4.69) is 4.52 Å². The van der Waals surface area contributed by atoms with Crippen LogP contribution in [0.3, 0.4) is 0 Å². The van der Waals surface area contributed by atoms with Crippen molar-refractivity contribution in [2.45, 2.75) is 358 Å². The van der Waals surface area contributed by atoms with E-state index in [-0.39, 0.29) is 200 Å². The Morgan fingerprint density at radius 3 is 0.957 bits per heavy atom. The summed E-state index contributed by atoms with van der Waals surface area (Å²) in [6, 6.07) is -0.578. The predicted octanol–water partition coefficient (Wildman–Crippen LogP) is 8.19. The van der Waals surface area contributed by atoms with Gasteiger partial charge in [-0.1, -0.05) is 78.6 Å². The molecule has 116 heavy (non-hydrogen) atoms. The highest BCUT2D eigenvalue weighted by molar-refractivity contribution is 7.45. The lowest BCUT2D eigenvalue weighted by Gasteiger charge is -2.40. The second-order valence-corrected chi connectivity index (χ2v) is 35.6. The number of ketones is 7. The summed E-state index contributed by atoms with van der Waals surface area (Å²) in [5.74, 6) is -2.14. The van der Waals surface area contributed by atoms with E-state index in [1.165, 1.54) is 4.90 Å². The number of ether oxygens (including phenoxy) is 6. The molecule has 29 nitrogen and oxygen atoms in total. The van der Waals surface area contributed by atoms with Crippen LogP contribution in [0.5, 0.6) is 0 Å². The molecule has 0 aromatic carbocycles. The number of carbonyl (C=O) groups is 8. The Balaban J connectivity index is 1.28. The zero-order valence-electron chi connectivity index (χ0n) is 70.6. The first-order chi connectivity index (χ1) is 55.6. The monoisotopic (exact) mass is 1680 g/mol. The van der Waals surface area contributed by atoms with E-state index >= 15 is 0 Å². The minimum Gasteiger partial charge on any atom is -0.756 e. The van der Waals surface area contributed by atoms with Gasteiger partial charge in [-0.05, 0) is 116 Å². The lowest BCUT2D eigenvalue weighted by atomic mass is 9.77. The number of hydrogen-bond donors (Lipinski definition) is 10. The number of likely N-dealkylation sites (tertiary alicyclic amines) is 1. The Morgan fingerprint density at radius 1 is 0.371 bits per heavy atom. The normalized spacial score (nSPS) is 26.7. The van der Waals surface area contributed by atoms with Gasteiger partial charge in [0.2, 0.25) is 5.91 Å². The average molecular weight is 1680 g/mol. The first-order valence-electron chi connectivity index (χ1n) is 44.2. The largest absolute Gasteiger partial charge is 0.756 e. The fourth-order valence-corrected chi connectivity index (χ4v) is 16.8. The number of amides is 1. The molecule has 0 radical (unpaired) electrons. The van der Waals surface area contributed by atoms with Crippen LogP contribution < -0.4 is 4.89 Å². The Kier molecular flexibility index (Phi) is 54.5. The van der Waals surface area contributed by atoms with Crippen LogP contribution in [0.25, 0.3) is 0 Å². The molecule has 0 spiro atoms. The van der Waals surface area contributed by atoms with Crippen LogP contribution in [-0.2, 0) is 80.4 Å². The third-order valence-corrected chi connectivity index (χ3v) is 25.2. The average Bonchev–Trinajstić information content (AvgIpc) is 1.41. The zero-order valence-corrected chi connectivity index (χ0v) is 71.5. The van der Waals surface area contributed by atoms with Crippen LogP contribution in [-0.4, -0.2) is 269 Å². The molecule has 1 saturated heterocycles. The number of phosphoric acid groups is 1. The number of rotatable bonds is 71. The highest BCUT2D eigenvalue weighted by atomic mass is 31.2. The summed E-state index contributed by atoms with van der Waals surface area (Å²) in [6.45, 7) is 5.80. The first-order valence-corrected chi connectivity index (χ1v) is 45.6. The lowest BCUT2D eigenvalue weighted by Crippen LogP contribution is -2.50. The lowest BCUT2D eigenvalue weighted by molar-refractivity contribution is -0.224. The molecule has 3 aliphatic carbocycles. The van der Waals surface area contributed by atoms with Crippen molar-refractivity contribution in [3.8, 4) is 0 Å². The number of β-amino-alcohol motifs (C(OH)–C–C–N with tert-alkyl or cyclic N) is 1. The summed E-state index contributed by atoms with van der Waals surface area (Å²) >= 11 is 0. The number of hydrogen-bond acceptors (Lipinski definition) is 28. The molecule has 4 fully saturated rings. The third kappa shape index (κ3) is 42.1. The number of aliphatic hydroxyl groups is 10. The van der Waals surface area contributed by atoms with Crippen molar-refractivity contribution in [3.05, 3.63) is 0 Å². The van der Waals surface area contributed by atoms with Crippen molar-refractivity contribution in [2.24, 2.45) is 40.9 Å². The minimum absolute atomic E-state index is 0.00317. The van der Waals surface area contributed by atoms with Crippen molar-refractivity contribution < 1.29 is 136 Å². The van der Waals surface area contributed by atoms with Crippen LogP contribution in [0, 0.1) is 40.9 Å². The molecule has 0 bridgehead atoms. The van der Waals surface area contributed by atoms with E-state index in [1.807, 2.05) is 20.8 Å². The number of unbranched alkanes of at least 4 members (excludes halogenated alkanes) is 16. The van der Waals surface area contributed by atoms with Gasteiger partial charge in [0.15, 0.2) is 0 Å². The van der Waals surface area contributed by atoms with Crippen LogP contribution in [0.2, 0.25) is 0 Å². The quantitative estimate of drug-likeness (QED) is 0.0202. The van der Waals surface area contributed by atoms with Gasteiger partial charge >= 0.3 is 0 Å². The third-order valence-electron chi connectivity index (χ3n) is 24.3. The van der Waals surface area contributed by atoms with Gasteiger partial charge in [0.25, 0.3) is 7.82 Å². The van der Waals surface area contributed by atoms with Crippen molar-refractivity contribution in [2.75, 3.05) is 99.5 Å². The van der Waals surface area contributed by atoms with Gasteiger partial charge < -0.3 is 98.3 Å². The van der Waals surface area contributed by atoms with Crippen LogP contribution in [0.15, 0.2) is 0 Å². The first kappa shape index (κ1) is 105. The Hall–Kier alpha value is -3.37. The number of aliphatic hydroxyl groups excluding tert-OH is 10. The van der Waals surface area contributed by atoms with E-state index in [0.717, 1.165) is 45.6 Å². The van der Waals surface area contributed by atoms with Crippen molar-refractivity contribution in [3.63, 3.8) is 0 Å². The molecule has 1 heterocycles. The second kappa shape index (κ2) is 60.2. The summed E-state index contributed by atoms with van der Waals surface area (Å²) in [5, 5.41) is 101. The van der Waals surface area contributed by atoms with Crippen LogP contribution in [0.1, 0.15) is 290 Å². The van der Waals surface area contributed by atoms with Gasteiger partial charge in [0, 0.05) is 191 Å². The van der Waals surface area contributed by atoms with Gasteiger partial charge in [0.05, 0.1) is 113 Å². The number of nitrogens with zero attached hydrogens (tertiary/aromatic N) is 1. The molecule has 18 atom stereocenters. The zero-order chi connectivity index (χ0) is 85.3. The maximum Gasteiger partial charge on any atom is 0.267 e. The second-order valence-electron chi connectivity index (χ2n) is 34.0. The van der Waals surface area contributed by atoms with Crippen molar-refractivity contribution in [1.82, 2.24) is 4.90 Å². The predicted molar refractivity (Wildman–Crippen MR) is 430 cm³/mol. The Morgan fingerprint density at radius 2 is 0.647 bits per heavy atom. The molecule has 674 valence electrons. The van der Waals surface area contributed by atoms with E-state index in [1.54, 1.807) is 0 Å². The number of carbonyl (C=O) groups excluding carboxylic acids is 8. The number of phosphoric ester groups is 1. The van der Waals surface area contributed by atoms with E-state index < -0.39 is 79.8 Å². The van der Waals surface area contributed by atoms with Crippen LogP contribution >= 0.6 is 7.82 Å².